The maximum Gasteiger partial charge on any atom is 0.272 e. The molecule has 0 aliphatic rings. The third-order valence-electron chi connectivity index (χ3n) is 4.43. The molecule has 0 aliphatic carbocycles. The minimum absolute atomic E-state index is 0.147. The predicted molar refractivity (Wildman–Crippen MR) is 102 cm³/mol. The van der Waals surface area contributed by atoms with Crippen LogP contribution in [0.4, 0.5) is 0 Å². The summed E-state index contributed by atoms with van der Waals surface area (Å²) < 4.78 is 12.1. The van der Waals surface area contributed by atoms with Crippen molar-refractivity contribution in [3.8, 4) is 11.5 Å². The topological polar surface area (TPSA) is 82.5 Å². The van der Waals surface area contributed by atoms with Gasteiger partial charge < -0.3 is 19.4 Å². The van der Waals surface area contributed by atoms with Crippen LogP contribution in [0.1, 0.15) is 21.6 Å². The molecule has 0 unspecified atom stereocenters. The van der Waals surface area contributed by atoms with Crippen molar-refractivity contribution in [3.63, 3.8) is 0 Å². The highest BCUT2D eigenvalue weighted by atomic mass is 16.5. The summed E-state index contributed by atoms with van der Waals surface area (Å²) in [6, 6.07) is 10.5. The molecule has 27 heavy (non-hydrogen) atoms. The summed E-state index contributed by atoms with van der Waals surface area (Å²) in [6.45, 7) is 1.97. The number of methoxy groups -OCH3 is 2. The molecule has 0 spiro atoms. The third-order valence-corrected chi connectivity index (χ3v) is 4.43. The number of carbonyl (C=O) groups is 1. The second-order valence-electron chi connectivity index (χ2n) is 6.13. The van der Waals surface area contributed by atoms with Gasteiger partial charge in [-0.2, -0.15) is 0 Å². The van der Waals surface area contributed by atoms with E-state index in [9.17, 15) is 9.59 Å². The number of ether oxygens (including phenoxy) is 2. The fourth-order valence-corrected chi connectivity index (χ4v) is 2.89. The van der Waals surface area contributed by atoms with Gasteiger partial charge in [0.15, 0.2) is 0 Å². The number of nitrogens with one attached hydrogen (secondary N) is 1. The molecule has 3 rings (SSSR count). The molecule has 7 nitrogen and oxygen atoms in total. The first kappa shape index (κ1) is 18.4. The quantitative estimate of drug-likeness (QED) is 0.747. The highest BCUT2D eigenvalue weighted by Gasteiger charge is 2.12. The average Bonchev–Trinajstić information content (AvgIpc) is 2.69. The second-order valence-corrected chi connectivity index (χ2v) is 6.13. The average molecular weight is 367 g/mol. The monoisotopic (exact) mass is 367 g/mol. The van der Waals surface area contributed by atoms with Crippen LogP contribution in [0.5, 0.6) is 11.5 Å². The summed E-state index contributed by atoms with van der Waals surface area (Å²) >= 11 is 0. The molecule has 0 fully saturated rings. The van der Waals surface area contributed by atoms with Gasteiger partial charge in [0.1, 0.15) is 17.2 Å². The minimum atomic E-state index is -0.233. The van der Waals surface area contributed by atoms with E-state index in [0.717, 1.165) is 5.56 Å². The maximum atomic E-state index is 12.5. The summed E-state index contributed by atoms with van der Waals surface area (Å²) in [7, 11) is 4.85. The largest absolute Gasteiger partial charge is 0.497 e. The van der Waals surface area contributed by atoms with E-state index in [1.807, 2.05) is 12.1 Å². The standard InChI is InChI=1S/C20H21N3O4/c1-12-20(25)23(2)17-8-6-13(9-16(17)22-12)19(24)21-11-14-5-7-15(26-3)10-18(14)27-4/h5-10H,11H2,1-4H3,(H,21,24). The van der Waals surface area contributed by atoms with Crippen molar-refractivity contribution < 1.29 is 14.3 Å². The molecule has 3 aromatic rings. The first-order chi connectivity index (χ1) is 12.9. The number of benzene rings is 2. The Kier molecular flexibility index (Phi) is 5.12. The van der Waals surface area contributed by atoms with E-state index in [0.29, 0.717) is 40.3 Å². The fraction of sp³-hybridized carbons (Fsp3) is 0.250. The van der Waals surface area contributed by atoms with E-state index in [1.54, 1.807) is 52.5 Å². The number of aryl methyl sites for hydroxylation is 2. The molecular weight excluding hydrogens is 346 g/mol. The van der Waals surface area contributed by atoms with Crippen molar-refractivity contribution in [1.82, 2.24) is 14.9 Å². The number of aromatic nitrogens is 2. The van der Waals surface area contributed by atoms with Gasteiger partial charge in [0, 0.05) is 30.8 Å². The molecule has 7 heteroatoms. The van der Waals surface area contributed by atoms with Crippen LogP contribution >= 0.6 is 0 Å². The molecule has 0 atom stereocenters. The summed E-state index contributed by atoms with van der Waals surface area (Å²) in [5.41, 5.74) is 2.84. The normalized spacial score (nSPS) is 10.7. The number of carbonyl (C=O) groups excluding carboxylic acids is 1. The van der Waals surface area contributed by atoms with Gasteiger partial charge >= 0.3 is 0 Å². The van der Waals surface area contributed by atoms with Gasteiger partial charge in [-0.05, 0) is 37.3 Å². The van der Waals surface area contributed by atoms with Gasteiger partial charge in [-0.25, -0.2) is 4.98 Å². The molecule has 0 saturated carbocycles. The van der Waals surface area contributed by atoms with Gasteiger partial charge in [0.25, 0.3) is 11.5 Å². The van der Waals surface area contributed by atoms with Gasteiger partial charge in [-0.3, -0.25) is 9.59 Å². The Labute approximate surface area is 156 Å². The Bertz CT molecular complexity index is 1070. The Morgan fingerprint density at radius 3 is 2.63 bits per heavy atom. The molecule has 0 saturated heterocycles. The first-order valence-corrected chi connectivity index (χ1v) is 8.41. The van der Waals surface area contributed by atoms with E-state index in [-0.39, 0.29) is 11.5 Å². The van der Waals surface area contributed by atoms with Crippen LogP contribution < -0.4 is 20.3 Å². The van der Waals surface area contributed by atoms with E-state index < -0.39 is 0 Å². The highest BCUT2D eigenvalue weighted by Crippen LogP contribution is 2.24. The molecular formula is C20H21N3O4. The van der Waals surface area contributed by atoms with Gasteiger partial charge in [0.2, 0.25) is 0 Å². The summed E-state index contributed by atoms with van der Waals surface area (Å²) in [5, 5.41) is 2.88. The van der Waals surface area contributed by atoms with Crippen LogP contribution in [0.25, 0.3) is 11.0 Å². The molecule has 1 amide bonds. The molecule has 1 heterocycles. The van der Waals surface area contributed by atoms with E-state index in [1.165, 1.54) is 4.57 Å². The molecule has 0 bridgehead atoms. The van der Waals surface area contributed by atoms with Gasteiger partial charge in [0.05, 0.1) is 25.3 Å². The molecule has 140 valence electrons. The Balaban J connectivity index is 1.83. The van der Waals surface area contributed by atoms with Crippen LogP contribution in [0, 0.1) is 6.92 Å². The lowest BCUT2D eigenvalue weighted by Gasteiger charge is -2.12. The summed E-state index contributed by atoms with van der Waals surface area (Å²) in [4.78, 5) is 28.8. The Hall–Kier alpha value is -3.35. The molecule has 0 aliphatic heterocycles. The number of hydrogen-bond acceptors (Lipinski definition) is 5. The number of hydrogen-bond donors (Lipinski definition) is 1. The number of rotatable bonds is 5. The Morgan fingerprint density at radius 1 is 1.15 bits per heavy atom. The highest BCUT2D eigenvalue weighted by molar-refractivity contribution is 5.97. The minimum Gasteiger partial charge on any atom is -0.497 e. The lowest BCUT2D eigenvalue weighted by atomic mass is 10.1. The summed E-state index contributed by atoms with van der Waals surface area (Å²) in [5.74, 6) is 1.09. The van der Waals surface area contributed by atoms with Crippen molar-refractivity contribution >= 4 is 16.9 Å². The number of amides is 1. The zero-order chi connectivity index (χ0) is 19.6. The van der Waals surface area contributed by atoms with Crippen LogP contribution in [0.3, 0.4) is 0 Å². The fourth-order valence-electron chi connectivity index (χ4n) is 2.89. The van der Waals surface area contributed by atoms with Crippen LogP contribution in [0.2, 0.25) is 0 Å². The van der Waals surface area contributed by atoms with Crippen LogP contribution in [0.15, 0.2) is 41.2 Å². The van der Waals surface area contributed by atoms with Gasteiger partial charge in [-0.1, -0.05) is 0 Å². The van der Waals surface area contributed by atoms with Crippen molar-refractivity contribution in [2.24, 2.45) is 7.05 Å². The smallest absolute Gasteiger partial charge is 0.272 e. The van der Waals surface area contributed by atoms with Gasteiger partial charge in [-0.15, -0.1) is 0 Å². The zero-order valence-corrected chi connectivity index (χ0v) is 15.7. The van der Waals surface area contributed by atoms with Crippen molar-refractivity contribution in [1.29, 1.82) is 0 Å². The van der Waals surface area contributed by atoms with Crippen molar-refractivity contribution in [2.45, 2.75) is 13.5 Å². The van der Waals surface area contributed by atoms with E-state index in [4.69, 9.17) is 9.47 Å². The first-order valence-electron chi connectivity index (χ1n) is 8.41. The predicted octanol–water partition coefficient (Wildman–Crippen LogP) is 2.19. The third kappa shape index (κ3) is 3.62. The number of fused-ring (bicyclic) bond motifs is 1. The zero-order valence-electron chi connectivity index (χ0n) is 15.7. The van der Waals surface area contributed by atoms with E-state index >= 15 is 0 Å². The van der Waals surface area contributed by atoms with Crippen molar-refractivity contribution in [2.75, 3.05) is 14.2 Å². The summed E-state index contributed by atoms with van der Waals surface area (Å²) in [6.07, 6.45) is 0. The molecule has 1 aromatic heterocycles. The maximum absolute atomic E-state index is 12.5. The number of nitrogens with zero attached hydrogens (tertiary/aromatic N) is 2. The lowest BCUT2D eigenvalue weighted by Crippen LogP contribution is -2.24. The SMILES string of the molecule is COc1ccc(CNC(=O)c2ccc3c(c2)nc(C)c(=O)n3C)c(OC)c1. The van der Waals surface area contributed by atoms with Crippen LogP contribution in [-0.4, -0.2) is 29.7 Å². The van der Waals surface area contributed by atoms with E-state index in [2.05, 4.69) is 10.3 Å². The lowest BCUT2D eigenvalue weighted by molar-refractivity contribution is 0.0951. The van der Waals surface area contributed by atoms with Crippen LogP contribution in [-0.2, 0) is 13.6 Å². The molecule has 0 radical (unpaired) electrons. The molecule has 2 aromatic carbocycles. The molecule has 1 N–H and O–H groups in total. The van der Waals surface area contributed by atoms with Crippen molar-refractivity contribution in [3.05, 3.63) is 63.6 Å². The second kappa shape index (κ2) is 7.49. The Morgan fingerprint density at radius 2 is 1.93 bits per heavy atom.